The molecule has 0 radical (unpaired) electrons. The molecule has 1 heterocycles. The van der Waals surface area contributed by atoms with Crippen LogP contribution in [0.15, 0.2) is 23.1 Å². The molecule has 0 atom stereocenters. The van der Waals surface area contributed by atoms with E-state index >= 15 is 0 Å². The highest BCUT2D eigenvalue weighted by Crippen LogP contribution is 2.29. The summed E-state index contributed by atoms with van der Waals surface area (Å²) in [4.78, 5) is 0.269. The molecule has 1 aromatic rings. The van der Waals surface area contributed by atoms with E-state index in [0.29, 0.717) is 36.8 Å². The molecule has 1 aliphatic heterocycles. The minimum absolute atomic E-state index is 0.161. The second kappa shape index (κ2) is 6.77. The first kappa shape index (κ1) is 16.3. The summed E-state index contributed by atoms with van der Waals surface area (Å²) >= 11 is 0. The van der Waals surface area contributed by atoms with Crippen LogP contribution in [0.3, 0.4) is 0 Å². The van der Waals surface area contributed by atoms with Crippen LogP contribution in [0.1, 0.15) is 32.3 Å². The highest BCUT2D eigenvalue weighted by atomic mass is 32.2. The fourth-order valence-corrected chi connectivity index (χ4v) is 4.27. The summed E-state index contributed by atoms with van der Waals surface area (Å²) in [5, 5.41) is 12.4. The molecule has 0 aromatic heterocycles. The fourth-order valence-electron chi connectivity index (χ4n) is 2.58. The first-order chi connectivity index (χ1) is 9.98. The van der Waals surface area contributed by atoms with Crippen molar-refractivity contribution in [2.45, 2.75) is 38.2 Å². The smallest absolute Gasteiger partial charge is 0.245 e. The van der Waals surface area contributed by atoms with Gasteiger partial charge in [-0.05, 0) is 43.4 Å². The number of anilines is 1. The molecule has 0 bridgehead atoms. The van der Waals surface area contributed by atoms with E-state index in [1.165, 1.54) is 0 Å². The van der Waals surface area contributed by atoms with Gasteiger partial charge in [0.1, 0.15) is 4.90 Å². The van der Waals surface area contributed by atoms with Crippen LogP contribution in [0.2, 0.25) is 0 Å². The summed E-state index contributed by atoms with van der Waals surface area (Å²) in [7, 11) is -3.51. The Hall–Kier alpha value is -1.11. The molecule has 1 aromatic carbocycles. The fraction of sp³-hybridized carbons (Fsp3) is 0.600. The van der Waals surface area contributed by atoms with Crippen LogP contribution in [0.5, 0.6) is 0 Å². The molecule has 1 fully saturated rings. The first-order valence-electron chi connectivity index (χ1n) is 7.46. The number of piperidine rings is 1. The number of nitrogens with one attached hydrogen (secondary N) is 1. The van der Waals surface area contributed by atoms with Gasteiger partial charge in [-0.15, -0.1) is 0 Å². The number of nitrogens with zero attached hydrogens (tertiary/aromatic N) is 1. The third-order valence-electron chi connectivity index (χ3n) is 3.96. The molecule has 0 spiro atoms. The number of benzene rings is 1. The van der Waals surface area contributed by atoms with Gasteiger partial charge in [0, 0.05) is 19.6 Å². The third-order valence-corrected chi connectivity index (χ3v) is 5.89. The van der Waals surface area contributed by atoms with Crippen molar-refractivity contribution >= 4 is 15.7 Å². The quantitative estimate of drug-likeness (QED) is 0.873. The van der Waals surface area contributed by atoms with Gasteiger partial charge in [-0.1, -0.05) is 13.0 Å². The Morgan fingerprint density at radius 2 is 2.00 bits per heavy atom. The maximum absolute atomic E-state index is 12.9. The topological polar surface area (TPSA) is 69.6 Å². The van der Waals surface area contributed by atoms with Crippen molar-refractivity contribution in [2.24, 2.45) is 5.92 Å². The van der Waals surface area contributed by atoms with E-state index < -0.39 is 10.0 Å². The van der Waals surface area contributed by atoms with Crippen molar-refractivity contribution in [3.8, 4) is 0 Å². The van der Waals surface area contributed by atoms with Gasteiger partial charge >= 0.3 is 0 Å². The number of rotatable bonds is 5. The SMILES string of the molecule is CCNc1ccc(CO)cc1S(=O)(=O)N1CCC(C)CC1. The standard InChI is InChI=1S/C15H24N2O3S/c1-3-16-14-5-4-13(11-18)10-15(14)21(19,20)17-8-6-12(2)7-9-17/h4-5,10,12,16,18H,3,6-9,11H2,1-2H3. The Morgan fingerprint density at radius 1 is 1.33 bits per heavy atom. The largest absolute Gasteiger partial charge is 0.392 e. The zero-order valence-corrected chi connectivity index (χ0v) is 13.5. The number of aliphatic hydroxyl groups is 1. The zero-order chi connectivity index (χ0) is 15.5. The maximum atomic E-state index is 12.9. The van der Waals surface area contributed by atoms with Crippen molar-refractivity contribution in [1.82, 2.24) is 4.31 Å². The van der Waals surface area contributed by atoms with Crippen LogP contribution in [-0.4, -0.2) is 37.5 Å². The number of hydrogen-bond donors (Lipinski definition) is 2. The van der Waals surface area contributed by atoms with Crippen LogP contribution in [0.4, 0.5) is 5.69 Å². The van der Waals surface area contributed by atoms with Gasteiger partial charge in [0.2, 0.25) is 10.0 Å². The van der Waals surface area contributed by atoms with Crippen molar-refractivity contribution in [3.05, 3.63) is 23.8 Å². The summed E-state index contributed by atoms with van der Waals surface area (Å²) in [6, 6.07) is 5.05. The molecule has 5 nitrogen and oxygen atoms in total. The Labute approximate surface area is 127 Å². The molecule has 1 saturated heterocycles. The normalized spacial score (nSPS) is 17.9. The molecule has 2 N–H and O–H groups in total. The minimum Gasteiger partial charge on any atom is -0.392 e. The van der Waals surface area contributed by atoms with Crippen molar-refractivity contribution < 1.29 is 13.5 Å². The number of hydrogen-bond acceptors (Lipinski definition) is 4. The lowest BCUT2D eigenvalue weighted by atomic mass is 10.0. The van der Waals surface area contributed by atoms with Crippen LogP contribution in [-0.2, 0) is 16.6 Å². The summed E-state index contributed by atoms with van der Waals surface area (Å²) in [6.45, 7) is 5.71. The lowest BCUT2D eigenvalue weighted by Gasteiger charge is -2.30. The number of sulfonamides is 1. The van der Waals surface area contributed by atoms with Gasteiger partial charge < -0.3 is 10.4 Å². The lowest BCUT2D eigenvalue weighted by Crippen LogP contribution is -2.38. The van der Waals surface area contributed by atoms with E-state index in [9.17, 15) is 13.5 Å². The van der Waals surface area contributed by atoms with E-state index in [0.717, 1.165) is 12.8 Å². The first-order valence-corrected chi connectivity index (χ1v) is 8.90. The molecule has 0 unspecified atom stereocenters. The molecule has 118 valence electrons. The van der Waals surface area contributed by atoms with Crippen molar-refractivity contribution in [2.75, 3.05) is 25.0 Å². The van der Waals surface area contributed by atoms with Gasteiger partial charge in [-0.25, -0.2) is 8.42 Å². The van der Waals surface area contributed by atoms with E-state index in [-0.39, 0.29) is 11.5 Å². The monoisotopic (exact) mass is 312 g/mol. The van der Waals surface area contributed by atoms with Crippen LogP contribution in [0.25, 0.3) is 0 Å². The van der Waals surface area contributed by atoms with Crippen LogP contribution in [0, 0.1) is 5.92 Å². The Bertz CT molecular complexity index is 579. The lowest BCUT2D eigenvalue weighted by molar-refractivity contribution is 0.281. The zero-order valence-electron chi connectivity index (χ0n) is 12.7. The average Bonchev–Trinajstić information content (AvgIpc) is 2.48. The Kier molecular flexibility index (Phi) is 5.24. The molecule has 21 heavy (non-hydrogen) atoms. The predicted octanol–water partition coefficient (Wildman–Crippen LogP) is 2.03. The van der Waals surface area contributed by atoms with Gasteiger partial charge in [-0.2, -0.15) is 4.31 Å². The highest BCUT2D eigenvalue weighted by Gasteiger charge is 2.30. The maximum Gasteiger partial charge on any atom is 0.245 e. The van der Waals surface area contributed by atoms with Crippen molar-refractivity contribution in [1.29, 1.82) is 0 Å². The third kappa shape index (κ3) is 3.56. The summed E-state index contributed by atoms with van der Waals surface area (Å²) in [6.07, 6.45) is 1.80. The highest BCUT2D eigenvalue weighted by molar-refractivity contribution is 7.89. The Balaban J connectivity index is 2.37. The van der Waals surface area contributed by atoms with Crippen LogP contribution < -0.4 is 5.32 Å². The molecule has 0 amide bonds. The van der Waals surface area contributed by atoms with E-state index in [2.05, 4.69) is 12.2 Å². The summed E-state index contributed by atoms with van der Waals surface area (Å²) in [5.41, 5.74) is 1.22. The average molecular weight is 312 g/mol. The van der Waals surface area contributed by atoms with Gasteiger partial charge in [-0.3, -0.25) is 0 Å². The summed E-state index contributed by atoms with van der Waals surface area (Å²) in [5.74, 6) is 0.577. The van der Waals surface area contributed by atoms with E-state index in [1.54, 1.807) is 22.5 Å². The summed E-state index contributed by atoms with van der Waals surface area (Å²) < 4.78 is 27.3. The second-order valence-corrected chi connectivity index (χ2v) is 7.51. The minimum atomic E-state index is -3.51. The molecule has 0 aliphatic carbocycles. The van der Waals surface area contributed by atoms with Gasteiger partial charge in [0.05, 0.1) is 12.3 Å². The number of aliphatic hydroxyl groups excluding tert-OH is 1. The van der Waals surface area contributed by atoms with Crippen LogP contribution >= 0.6 is 0 Å². The molecule has 0 saturated carbocycles. The van der Waals surface area contributed by atoms with Gasteiger partial charge in [0.15, 0.2) is 0 Å². The van der Waals surface area contributed by atoms with Crippen molar-refractivity contribution in [3.63, 3.8) is 0 Å². The molecule has 2 rings (SSSR count). The van der Waals surface area contributed by atoms with E-state index in [1.807, 2.05) is 6.92 Å². The molecular weight excluding hydrogens is 288 g/mol. The Morgan fingerprint density at radius 3 is 2.57 bits per heavy atom. The molecule has 6 heteroatoms. The predicted molar refractivity (Wildman–Crippen MR) is 83.7 cm³/mol. The molecular formula is C15H24N2O3S. The van der Waals surface area contributed by atoms with Gasteiger partial charge in [0.25, 0.3) is 0 Å². The second-order valence-electron chi connectivity index (χ2n) is 5.61. The van der Waals surface area contributed by atoms with E-state index in [4.69, 9.17) is 0 Å². The molecule has 1 aliphatic rings.